The standard InChI is InChI=1S/C10H22N2O/c1-9-7-10(8-12(9)3)11(2)5-6-13-4/h9-10H,5-8H2,1-4H3/t9?,10-/m1/s1. The van der Waals surface area contributed by atoms with Crippen LogP contribution in [-0.2, 0) is 4.74 Å². The molecule has 1 aliphatic rings. The normalized spacial score (nSPS) is 30.2. The van der Waals surface area contributed by atoms with Gasteiger partial charge in [-0.3, -0.25) is 4.90 Å². The van der Waals surface area contributed by atoms with Crippen molar-refractivity contribution < 1.29 is 4.74 Å². The van der Waals surface area contributed by atoms with E-state index in [4.69, 9.17) is 4.74 Å². The molecule has 0 radical (unpaired) electrons. The third-order valence-corrected chi connectivity index (χ3v) is 3.14. The Labute approximate surface area is 81.7 Å². The van der Waals surface area contributed by atoms with Crippen LogP contribution in [-0.4, -0.2) is 62.8 Å². The van der Waals surface area contributed by atoms with Crippen molar-refractivity contribution in [3.05, 3.63) is 0 Å². The van der Waals surface area contributed by atoms with Gasteiger partial charge in [-0.05, 0) is 27.4 Å². The summed E-state index contributed by atoms with van der Waals surface area (Å²) < 4.78 is 5.07. The molecule has 1 heterocycles. The first-order valence-electron chi connectivity index (χ1n) is 5.04. The molecule has 78 valence electrons. The molecule has 0 aliphatic carbocycles. The Morgan fingerprint density at radius 1 is 1.54 bits per heavy atom. The second-order valence-corrected chi connectivity index (χ2v) is 4.15. The van der Waals surface area contributed by atoms with Crippen molar-refractivity contribution in [3.8, 4) is 0 Å². The van der Waals surface area contributed by atoms with Crippen LogP contribution in [0, 0.1) is 0 Å². The first kappa shape index (κ1) is 11.0. The van der Waals surface area contributed by atoms with Crippen LogP contribution in [0.25, 0.3) is 0 Å². The van der Waals surface area contributed by atoms with E-state index in [0.29, 0.717) is 0 Å². The molecule has 0 saturated carbocycles. The van der Waals surface area contributed by atoms with E-state index in [1.54, 1.807) is 7.11 Å². The van der Waals surface area contributed by atoms with E-state index in [9.17, 15) is 0 Å². The second-order valence-electron chi connectivity index (χ2n) is 4.15. The fraction of sp³-hybridized carbons (Fsp3) is 1.00. The third kappa shape index (κ3) is 2.93. The highest BCUT2D eigenvalue weighted by Gasteiger charge is 2.28. The highest BCUT2D eigenvalue weighted by molar-refractivity contribution is 4.85. The number of rotatable bonds is 4. The van der Waals surface area contributed by atoms with E-state index >= 15 is 0 Å². The van der Waals surface area contributed by atoms with Crippen LogP contribution in [0.4, 0.5) is 0 Å². The van der Waals surface area contributed by atoms with Gasteiger partial charge >= 0.3 is 0 Å². The summed E-state index contributed by atoms with van der Waals surface area (Å²) >= 11 is 0. The van der Waals surface area contributed by atoms with E-state index in [2.05, 4.69) is 30.8 Å². The topological polar surface area (TPSA) is 15.7 Å². The minimum absolute atomic E-state index is 0.718. The number of ether oxygens (including phenoxy) is 1. The summed E-state index contributed by atoms with van der Waals surface area (Å²) in [6.07, 6.45) is 1.29. The maximum atomic E-state index is 5.07. The largest absolute Gasteiger partial charge is 0.383 e. The summed E-state index contributed by atoms with van der Waals surface area (Å²) in [5.74, 6) is 0. The lowest BCUT2D eigenvalue weighted by Gasteiger charge is -2.23. The average molecular weight is 186 g/mol. The Bertz CT molecular complexity index is 142. The molecular weight excluding hydrogens is 164 g/mol. The van der Waals surface area contributed by atoms with Gasteiger partial charge in [-0.2, -0.15) is 0 Å². The van der Waals surface area contributed by atoms with Crippen molar-refractivity contribution in [3.63, 3.8) is 0 Å². The third-order valence-electron chi connectivity index (χ3n) is 3.14. The van der Waals surface area contributed by atoms with Gasteiger partial charge in [-0.1, -0.05) is 0 Å². The molecule has 0 aromatic heterocycles. The lowest BCUT2D eigenvalue weighted by Crippen LogP contribution is -2.35. The van der Waals surface area contributed by atoms with Gasteiger partial charge in [0.05, 0.1) is 6.61 Å². The van der Waals surface area contributed by atoms with Crippen molar-refractivity contribution in [2.45, 2.75) is 25.4 Å². The summed E-state index contributed by atoms with van der Waals surface area (Å²) in [4.78, 5) is 4.83. The summed E-state index contributed by atoms with van der Waals surface area (Å²) in [5, 5.41) is 0. The van der Waals surface area contributed by atoms with Gasteiger partial charge in [-0.25, -0.2) is 0 Å². The maximum Gasteiger partial charge on any atom is 0.0589 e. The molecule has 0 aromatic rings. The smallest absolute Gasteiger partial charge is 0.0589 e. The van der Waals surface area contributed by atoms with Crippen molar-refractivity contribution in [1.82, 2.24) is 9.80 Å². The lowest BCUT2D eigenvalue weighted by molar-refractivity contribution is 0.140. The van der Waals surface area contributed by atoms with Crippen molar-refractivity contribution >= 4 is 0 Å². The van der Waals surface area contributed by atoms with Crippen LogP contribution in [0.5, 0.6) is 0 Å². The minimum atomic E-state index is 0.718. The second kappa shape index (κ2) is 4.94. The number of likely N-dealkylation sites (tertiary alicyclic amines) is 1. The number of nitrogens with zero attached hydrogens (tertiary/aromatic N) is 2. The summed E-state index contributed by atoms with van der Waals surface area (Å²) in [6, 6.07) is 1.45. The number of hydrogen-bond acceptors (Lipinski definition) is 3. The molecule has 0 amide bonds. The predicted octanol–water partition coefficient (Wildman–Crippen LogP) is 0.657. The fourth-order valence-electron chi connectivity index (χ4n) is 1.90. The van der Waals surface area contributed by atoms with Gasteiger partial charge in [0.2, 0.25) is 0 Å². The minimum Gasteiger partial charge on any atom is -0.383 e. The van der Waals surface area contributed by atoms with E-state index in [1.165, 1.54) is 13.0 Å². The monoisotopic (exact) mass is 186 g/mol. The van der Waals surface area contributed by atoms with Gasteiger partial charge in [0.1, 0.15) is 0 Å². The molecule has 1 rings (SSSR count). The molecule has 0 spiro atoms. The molecule has 1 unspecified atom stereocenters. The first-order valence-corrected chi connectivity index (χ1v) is 5.04. The molecule has 0 aromatic carbocycles. The van der Waals surface area contributed by atoms with E-state index in [0.717, 1.165) is 25.2 Å². The van der Waals surface area contributed by atoms with Crippen LogP contribution < -0.4 is 0 Å². The molecule has 13 heavy (non-hydrogen) atoms. The highest BCUT2D eigenvalue weighted by Crippen LogP contribution is 2.18. The van der Waals surface area contributed by atoms with E-state index in [-0.39, 0.29) is 0 Å². The number of hydrogen-bond donors (Lipinski definition) is 0. The SMILES string of the molecule is COCCN(C)[C@@H]1CC(C)N(C)C1. The zero-order valence-corrected chi connectivity index (χ0v) is 9.29. The van der Waals surface area contributed by atoms with Gasteiger partial charge in [-0.15, -0.1) is 0 Å². The molecule has 0 N–H and O–H groups in total. The van der Waals surface area contributed by atoms with Crippen LogP contribution in [0.15, 0.2) is 0 Å². The Balaban J connectivity index is 2.28. The maximum absolute atomic E-state index is 5.07. The summed E-state index contributed by atoms with van der Waals surface area (Å²) in [7, 11) is 6.15. The quantitative estimate of drug-likeness (QED) is 0.641. The summed E-state index contributed by atoms with van der Waals surface area (Å²) in [5.41, 5.74) is 0. The van der Waals surface area contributed by atoms with Gasteiger partial charge < -0.3 is 9.64 Å². The Morgan fingerprint density at radius 3 is 2.69 bits per heavy atom. The first-order chi connectivity index (χ1) is 6.15. The van der Waals surface area contributed by atoms with Crippen LogP contribution in [0.2, 0.25) is 0 Å². The number of methoxy groups -OCH3 is 1. The van der Waals surface area contributed by atoms with E-state index < -0.39 is 0 Å². The molecule has 0 bridgehead atoms. The van der Waals surface area contributed by atoms with Crippen molar-refractivity contribution in [2.75, 3.05) is 40.9 Å². The highest BCUT2D eigenvalue weighted by atomic mass is 16.5. The van der Waals surface area contributed by atoms with Crippen molar-refractivity contribution in [1.29, 1.82) is 0 Å². The molecule has 3 nitrogen and oxygen atoms in total. The lowest BCUT2D eigenvalue weighted by atomic mass is 10.2. The molecule has 1 aliphatic heterocycles. The summed E-state index contributed by atoms with van der Waals surface area (Å²) in [6.45, 7) is 5.37. The zero-order chi connectivity index (χ0) is 9.84. The zero-order valence-electron chi connectivity index (χ0n) is 9.29. The number of likely N-dealkylation sites (N-methyl/N-ethyl adjacent to an activating group) is 2. The van der Waals surface area contributed by atoms with Crippen LogP contribution >= 0.6 is 0 Å². The van der Waals surface area contributed by atoms with Gasteiger partial charge in [0.15, 0.2) is 0 Å². The molecule has 2 atom stereocenters. The average Bonchev–Trinajstić information content (AvgIpc) is 2.43. The molecule has 1 saturated heterocycles. The molecular formula is C10H22N2O. The van der Waals surface area contributed by atoms with Crippen molar-refractivity contribution in [2.24, 2.45) is 0 Å². The molecule has 3 heteroatoms. The Morgan fingerprint density at radius 2 is 2.23 bits per heavy atom. The van der Waals surface area contributed by atoms with Crippen LogP contribution in [0.1, 0.15) is 13.3 Å². The Kier molecular flexibility index (Phi) is 4.16. The fourth-order valence-corrected chi connectivity index (χ4v) is 1.90. The van der Waals surface area contributed by atoms with Gasteiger partial charge in [0, 0.05) is 32.3 Å². The van der Waals surface area contributed by atoms with Gasteiger partial charge in [0.25, 0.3) is 0 Å². The van der Waals surface area contributed by atoms with E-state index in [1.807, 2.05) is 0 Å². The predicted molar refractivity (Wildman–Crippen MR) is 55.0 cm³/mol. The Hall–Kier alpha value is -0.120. The molecule has 1 fully saturated rings. The van der Waals surface area contributed by atoms with Crippen LogP contribution in [0.3, 0.4) is 0 Å².